The van der Waals surface area contributed by atoms with E-state index in [0.29, 0.717) is 6.04 Å². The van der Waals surface area contributed by atoms with Gasteiger partial charge in [0, 0.05) is 12.5 Å². The van der Waals surface area contributed by atoms with Gasteiger partial charge in [-0.15, -0.1) is 0 Å². The third kappa shape index (κ3) is 1.70. The summed E-state index contributed by atoms with van der Waals surface area (Å²) < 4.78 is 5.30. The predicted octanol–water partition coefficient (Wildman–Crippen LogP) is 0.289. The van der Waals surface area contributed by atoms with Crippen LogP contribution < -0.4 is 5.73 Å². The first kappa shape index (κ1) is 8.02. The van der Waals surface area contributed by atoms with Crippen molar-refractivity contribution in [2.75, 3.05) is 13.2 Å². The fraction of sp³-hybridized carbons (Fsp3) is 1.00. The summed E-state index contributed by atoms with van der Waals surface area (Å²) in [5.41, 5.74) is 4.08. The fourth-order valence-corrected chi connectivity index (χ4v) is 1.69. The number of hydrogen-bond acceptors (Lipinski definition) is 1. The average molecular weight is 144 g/mol. The van der Waals surface area contributed by atoms with Gasteiger partial charge in [-0.25, -0.2) is 0 Å². The third-order valence-corrected chi connectivity index (χ3v) is 2.39. The summed E-state index contributed by atoms with van der Waals surface area (Å²) in [4.78, 5) is 0. The van der Waals surface area contributed by atoms with Crippen molar-refractivity contribution in [3.8, 4) is 0 Å². The summed E-state index contributed by atoms with van der Waals surface area (Å²) in [7, 11) is 0. The van der Waals surface area contributed by atoms with E-state index in [2.05, 4.69) is 19.6 Å². The first-order valence-corrected chi connectivity index (χ1v) is 4.12. The highest BCUT2D eigenvalue weighted by molar-refractivity contribution is 4.73. The van der Waals surface area contributed by atoms with Crippen LogP contribution in [0.1, 0.15) is 20.3 Å². The summed E-state index contributed by atoms with van der Waals surface area (Å²) in [5.74, 6) is 1.56. The third-order valence-electron chi connectivity index (χ3n) is 2.39. The molecule has 0 aromatic heterocycles. The van der Waals surface area contributed by atoms with Gasteiger partial charge >= 0.3 is 0 Å². The number of quaternary nitrogens is 1. The minimum Gasteiger partial charge on any atom is -0.375 e. The molecule has 0 bridgehead atoms. The van der Waals surface area contributed by atoms with Crippen molar-refractivity contribution in [3.63, 3.8) is 0 Å². The molecule has 60 valence electrons. The van der Waals surface area contributed by atoms with Gasteiger partial charge in [-0.2, -0.15) is 0 Å². The molecule has 1 aliphatic rings. The molecule has 1 rings (SSSR count). The van der Waals surface area contributed by atoms with Crippen LogP contribution in [0.4, 0.5) is 0 Å². The van der Waals surface area contributed by atoms with Crippen molar-refractivity contribution < 1.29 is 10.5 Å². The maximum Gasteiger partial charge on any atom is 0.111 e. The highest BCUT2D eigenvalue weighted by atomic mass is 16.5. The van der Waals surface area contributed by atoms with Crippen molar-refractivity contribution in [2.45, 2.75) is 26.3 Å². The molecule has 0 amide bonds. The second-order valence-electron chi connectivity index (χ2n) is 3.53. The van der Waals surface area contributed by atoms with Gasteiger partial charge < -0.3 is 10.5 Å². The van der Waals surface area contributed by atoms with E-state index in [1.54, 1.807) is 0 Å². The smallest absolute Gasteiger partial charge is 0.111 e. The van der Waals surface area contributed by atoms with Crippen molar-refractivity contribution >= 4 is 0 Å². The highest BCUT2D eigenvalue weighted by Gasteiger charge is 2.27. The number of rotatable bonds is 1. The zero-order valence-corrected chi connectivity index (χ0v) is 6.97. The molecule has 2 atom stereocenters. The quantitative estimate of drug-likeness (QED) is 0.564. The molecule has 0 aromatic rings. The van der Waals surface area contributed by atoms with Crippen LogP contribution in [0.3, 0.4) is 0 Å². The van der Waals surface area contributed by atoms with Gasteiger partial charge in [-0.3, -0.25) is 0 Å². The standard InChI is InChI=1S/C8H17NO/c1-6(2)7-3-4-10-5-8(7)9/h6-8H,3-5,9H2,1-2H3/p+1. The molecule has 0 aliphatic carbocycles. The topological polar surface area (TPSA) is 36.9 Å². The van der Waals surface area contributed by atoms with Crippen LogP contribution in [-0.4, -0.2) is 19.3 Å². The van der Waals surface area contributed by atoms with Crippen molar-refractivity contribution in [2.24, 2.45) is 11.8 Å². The predicted molar refractivity (Wildman–Crippen MR) is 40.4 cm³/mol. The Kier molecular flexibility index (Phi) is 2.69. The molecule has 2 heteroatoms. The van der Waals surface area contributed by atoms with Gasteiger partial charge in [0.25, 0.3) is 0 Å². The second kappa shape index (κ2) is 3.35. The average Bonchev–Trinajstić information content (AvgIpc) is 1.88. The Bertz CT molecular complexity index is 103. The van der Waals surface area contributed by atoms with Gasteiger partial charge in [0.15, 0.2) is 0 Å². The molecule has 0 radical (unpaired) electrons. The summed E-state index contributed by atoms with van der Waals surface area (Å²) in [5, 5.41) is 0. The number of ether oxygens (including phenoxy) is 1. The normalized spacial score (nSPS) is 34.8. The van der Waals surface area contributed by atoms with E-state index in [1.165, 1.54) is 6.42 Å². The Hall–Kier alpha value is -0.0800. The van der Waals surface area contributed by atoms with E-state index in [9.17, 15) is 0 Å². The van der Waals surface area contributed by atoms with E-state index in [0.717, 1.165) is 25.0 Å². The van der Waals surface area contributed by atoms with E-state index in [1.807, 2.05) is 0 Å². The van der Waals surface area contributed by atoms with Gasteiger partial charge in [-0.05, 0) is 12.3 Å². The largest absolute Gasteiger partial charge is 0.375 e. The van der Waals surface area contributed by atoms with Crippen LogP contribution in [0.2, 0.25) is 0 Å². The summed E-state index contributed by atoms with van der Waals surface area (Å²) in [6, 6.07) is 0.522. The summed E-state index contributed by atoms with van der Waals surface area (Å²) in [6.45, 7) is 6.35. The van der Waals surface area contributed by atoms with Crippen LogP contribution in [0.25, 0.3) is 0 Å². The van der Waals surface area contributed by atoms with Crippen LogP contribution >= 0.6 is 0 Å². The zero-order valence-electron chi connectivity index (χ0n) is 6.97. The lowest BCUT2D eigenvalue weighted by atomic mass is 9.85. The van der Waals surface area contributed by atoms with E-state index >= 15 is 0 Å². The molecule has 2 unspecified atom stereocenters. The first-order valence-electron chi connectivity index (χ1n) is 4.12. The molecular weight excluding hydrogens is 126 g/mol. The van der Waals surface area contributed by atoms with E-state index in [4.69, 9.17) is 4.74 Å². The van der Waals surface area contributed by atoms with Crippen LogP contribution in [0.15, 0.2) is 0 Å². The molecule has 10 heavy (non-hydrogen) atoms. The van der Waals surface area contributed by atoms with Crippen molar-refractivity contribution in [1.82, 2.24) is 0 Å². The molecule has 1 aliphatic heterocycles. The molecule has 2 nitrogen and oxygen atoms in total. The molecule has 0 spiro atoms. The monoisotopic (exact) mass is 144 g/mol. The molecule has 1 fully saturated rings. The summed E-state index contributed by atoms with van der Waals surface area (Å²) in [6.07, 6.45) is 1.20. The van der Waals surface area contributed by atoms with E-state index in [-0.39, 0.29) is 0 Å². The lowest BCUT2D eigenvalue weighted by Crippen LogP contribution is -2.68. The van der Waals surface area contributed by atoms with Crippen molar-refractivity contribution in [3.05, 3.63) is 0 Å². The van der Waals surface area contributed by atoms with Gasteiger partial charge in [-0.1, -0.05) is 13.8 Å². The van der Waals surface area contributed by atoms with Crippen LogP contribution in [0, 0.1) is 11.8 Å². The maximum absolute atomic E-state index is 5.30. The Morgan fingerprint density at radius 2 is 2.20 bits per heavy atom. The second-order valence-corrected chi connectivity index (χ2v) is 3.53. The molecule has 1 heterocycles. The molecule has 0 saturated carbocycles. The highest BCUT2D eigenvalue weighted by Crippen LogP contribution is 2.20. The molecule has 1 saturated heterocycles. The minimum atomic E-state index is 0.522. The fourth-order valence-electron chi connectivity index (χ4n) is 1.69. The Balaban J connectivity index is 2.40. The Labute approximate surface area is 62.7 Å². The molecule has 3 N–H and O–H groups in total. The zero-order chi connectivity index (χ0) is 7.56. The molecular formula is C8H18NO+. The van der Waals surface area contributed by atoms with E-state index < -0.39 is 0 Å². The minimum absolute atomic E-state index is 0.522. The molecule has 0 aromatic carbocycles. The SMILES string of the molecule is CC(C)C1CCOCC1[NH3+]. The van der Waals surface area contributed by atoms with Crippen LogP contribution in [0.5, 0.6) is 0 Å². The number of hydrogen-bond donors (Lipinski definition) is 1. The summed E-state index contributed by atoms with van der Waals surface area (Å²) >= 11 is 0. The maximum atomic E-state index is 5.30. The Morgan fingerprint density at radius 1 is 1.50 bits per heavy atom. The Morgan fingerprint density at radius 3 is 2.60 bits per heavy atom. The van der Waals surface area contributed by atoms with Gasteiger partial charge in [0.05, 0.1) is 6.61 Å². The first-order chi connectivity index (χ1) is 4.72. The lowest BCUT2D eigenvalue weighted by molar-refractivity contribution is -0.449. The van der Waals surface area contributed by atoms with Crippen molar-refractivity contribution in [1.29, 1.82) is 0 Å². The van der Waals surface area contributed by atoms with Gasteiger partial charge in [0.1, 0.15) is 6.04 Å². The lowest BCUT2D eigenvalue weighted by Gasteiger charge is -2.28. The van der Waals surface area contributed by atoms with Gasteiger partial charge in [0.2, 0.25) is 0 Å². The van der Waals surface area contributed by atoms with Crippen LogP contribution in [-0.2, 0) is 4.74 Å².